The molecule has 0 saturated carbocycles. The van der Waals surface area contributed by atoms with Crippen molar-refractivity contribution in [3.05, 3.63) is 23.5 Å². The van der Waals surface area contributed by atoms with Crippen molar-refractivity contribution in [3.8, 4) is 0 Å². The van der Waals surface area contributed by atoms with Gasteiger partial charge in [0.15, 0.2) is 0 Å². The number of hydrazone groups is 1. The van der Waals surface area contributed by atoms with Crippen LogP contribution in [0.25, 0.3) is 0 Å². The summed E-state index contributed by atoms with van der Waals surface area (Å²) in [5.41, 5.74) is 3.64. The lowest BCUT2D eigenvalue weighted by Gasteiger charge is -2.29. The van der Waals surface area contributed by atoms with E-state index in [-0.39, 0.29) is 0 Å². The quantitative estimate of drug-likeness (QED) is 0.724. The van der Waals surface area contributed by atoms with E-state index in [0.717, 1.165) is 56.5 Å². The van der Waals surface area contributed by atoms with Crippen molar-refractivity contribution in [3.63, 3.8) is 0 Å². The van der Waals surface area contributed by atoms with Crippen molar-refractivity contribution < 1.29 is 4.74 Å². The third kappa shape index (κ3) is 4.13. The topological polar surface area (TPSA) is 37.2 Å². The summed E-state index contributed by atoms with van der Waals surface area (Å²) >= 11 is 3.61. The van der Waals surface area contributed by atoms with E-state index in [4.69, 9.17) is 14.8 Å². The van der Waals surface area contributed by atoms with Crippen LogP contribution >= 0.6 is 15.9 Å². The highest BCUT2D eigenvalue weighted by Gasteiger charge is 2.27. The molecule has 0 amide bonds. The summed E-state index contributed by atoms with van der Waals surface area (Å²) in [6, 6.07) is 0. The van der Waals surface area contributed by atoms with E-state index in [9.17, 15) is 0 Å². The highest BCUT2D eigenvalue weighted by molar-refractivity contribution is 9.18. The first-order valence-corrected chi connectivity index (χ1v) is 9.52. The smallest absolute Gasteiger partial charge is 0.110 e. The summed E-state index contributed by atoms with van der Waals surface area (Å²) in [6.07, 6.45) is 9.76. The molecule has 0 bridgehead atoms. The first-order valence-electron chi connectivity index (χ1n) is 8.72. The first-order chi connectivity index (χ1) is 11.2. The zero-order valence-corrected chi connectivity index (χ0v) is 15.7. The second-order valence-corrected chi connectivity index (χ2v) is 7.54. The van der Waals surface area contributed by atoms with Gasteiger partial charge in [-0.05, 0) is 53.4 Å². The maximum atomic E-state index is 5.45. The number of nitrogens with zero attached hydrogens (tertiary/aromatic N) is 3. The molecular weight excluding hydrogens is 354 g/mol. The second-order valence-electron chi connectivity index (χ2n) is 6.62. The molecule has 126 valence electrons. The van der Waals surface area contributed by atoms with Crippen LogP contribution in [0.2, 0.25) is 0 Å². The lowest BCUT2D eigenvalue weighted by molar-refractivity contribution is 0.0689. The van der Waals surface area contributed by atoms with Crippen molar-refractivity contribution in [2.24, 2.45) is 21.9 Å². The molecule has 0 spiro atoms. The number of ether oxygens (including phenoxy) is 1. The molecule has 1 saturated heterocycles. The molecule has 0 N–H and O–H groups in total. The average Bonchev–Trinajstić information content (AvgIpc) is 2.72. The number of allylic oxidation sites excluding steroid dienone is 4. The second kappa shape index (κ2) is 7.75. The van der Waals surface area contributed by atoms with Crippen LogP contribution < -0.4 is 0 Å². The summed E-state index contributed by atoms with van der Waals surface area (Å²) in [5.74, 6) is 1.21. The Morgan fingerprint density at radius 2 is 2.17 bits per heavy atom. The normalized spacial score (nSPS) is 28.0. The molecule has 0 aromatic heterocycles. The van der Waals surface area contributed by atoms with Gasteiger partial charge in [-0.2, -0.15) is 5.10 Å². The SMILES string of the molecule is CCC1=CC(C)CC=C2C(=NCC3CCOCC3)CC(Br)=NN12. The zero-order chi connectivity index (χ0) is 16.2. The van der Waals surface area contributed by atoms with Gasteiger partial charge < -0.3 is 4.74 Å². The minimum Gasteiger partial charge on any atom is -0.381 e. The molecule has 0 aliphatic carbocycles. The van der Waals surface area contributed by atoms with Crippen LogP contribution in [0.3, 0.4) is 0 Å². The van der Waals surface area contributed by atoms with Gasteiger partial charge in [0.2, 0.25) is 0 Å². The van der Waals surface area contributed by atoms with Crippen molar-refractivity contribution in [2.45, 2.75) is 46.0 Å². The molecule has 3 aliphatic rings. The average molecular weight is 380 g/mol. The Morgan fingerprint density at radius 3 is 2.91 bits per heavy atom. The Bertz CT molecular complexity index is 559. The van der Waals surface area contributed by atoms with E-state index >= 15 is 0 Å². The van der Waals surface area contributed by atoms with Crippen molar-refractivity contribution >= 4 is 26.3 Å². The summed E-state index contributed by atoms with van der Waals surface area (Å²) < 4.78 is 6.42. The number of hydrogen-bond acceptors (Lipinski definition) is 4. The van der Waals surface area contributed by atoms with E-state index < -0.39 is 0 Å². The Hall–Kier alpha value is -0.940. The van der Waals surface area contributed by atoms with Crippen molar-refractivity contribution in [2.75, 3.05) is 19.8 Å². The fraction of sp³-hybridized carbons (Fsp3) is 0.667. The molecule has 1 fully saturated rings. The number of hydrogen-bond donors (Lipinski definition) is 0. The molecule has 1 atom stereocenters. The maximum Gasteiger partial charge on any atom is 0.110 e. The number of fused-ring (bicyclic) bond motifs is 1. The minimum atomic E-state index is 0.550. The van der Waals surface area contributed by atoms with Crippen LogP contribution in [0.4, 0.5) is 0 Å². The van der Waals surface area contributed by atoms with Crippen LogP contribution in [0.15, 0.2) is 33.6 Å². The van der Waals surface area contributed by atoms with Gasteiger partial charge in [-0.15, -0.1) is 0 Å². The predicted octanol–water partition coefficient (Wildman–Crippen LogP) is 4.49. The van der Waals surface area contributed by atoms with Crippen LogP contribution in [0, 0.1) is 11.8 Å². The molecule has 4 nitrogen and oxygen atoms in total. The molecule has 0 radical (unpaired) electrons. The first kappa shape index (κ1) is 16.9. The van der Waals surface area contributed by atoms with E-state index in [0.29, 0.717) is 11.8 Å². The molecule has 0 aromatic carbocycles. The zero-order valence-electron chi connectivity index (χ0n) is 14.1. The van der Waals surface area contributed by atoms with Crippen LogP contribution in [-0.2, 0) is 4.74 Å². The van der Waals surface area contributed by atoms with Gasteiger partial charge in [0.05, 0.1) is 11.4 Å². The van der Waals surface area contributed by atoms with Crippen LogP contribution in [-0.4, -0.2) is 35.1 Å². The highest BCUT2D eigenvalue weighted by atomic mass is 79.9. The maximum absolute atomic E-state index is 5.45. The molecule has 5 heteroatoms. The van der Waals surface area contributed by atoms with Gasteiger partial charge in [0, 0.05) is 31.9 Å². The standard InChI is InChI=1S/C18H26BrN3O/c1-3-15-10-13(2)4-5-17-16(11-18(19)21-22(15)17)20-12-14-6-8-23-9-7-14/h5,10,13-14H,3-4,6-9,11-12H2,1-2H3. The van der Waals surface area contributed by atoms with E-state index in [1.54, 1.807) is 0 Å². The fourth-order valence-corrected chi connectivity index (χ4v) is 3.73. The summed E-state index contributed by atoms with van der Waals surface area (Å²) in [5, 5.41) is 6.82. The number of halogens is 1. The third-order valence-electron chi connectivity index (χ3n) is 4.72. The molecule has 23 heavy (non-hydrogen) atoms. The highest BCUT2D eigenvalue weighted by Crippen LogP contribution is 2.31. The summed E-state index contributed by atoms with van der Waals surface area (Å²) in [6.45, 7) is 7.14. The van der Waals surface area contributed by atoms with Crippen molar-refractivity contribution in [1.29, 1.82) is 0 Å². The van der Waals surface area contributed by atoms with Gasteiger partial charge in [0.1, 0.15) is 4.62 Å². The predicted molar refractivity (Wildman–Crippen MR) is 98.9 cm³/mol. The summed E-state index contributed by atoms with van der Waals surface area (Å²) in [7, 11) is 0. The lowest BCUT2D eigenvalue weighted by Crippen LogP contribution is -2.29. The molecule has 3 rings (SSSR count). The van der Waals surface area contributed by atoms with Gasteiger partial charge >= 0.3 is 0 Å². The van der Waals surface area contributed by atoms with Crippen LogP contribution in [0.5, 0.6) is 0 Å². The van der Waals surface area contributed by atoms with E-state index in [1.807, 2.05) is 0 Å². The Morgan fingerprint density at radius 1 is 1.39 bits per heavy atom. The molecule has 3 heterocycles. The Labute approximate surface area is 147 Å². The molecule has 0 aromatic rings. The Balaban J connectivity index is 1.83. The Kier molecular flexibility index (Phi) is 5.70. The number of aliphatic imine (C=N–C) groups is 1. The fourth-order valence-electron chi connectivity index (χ4n) is 3.31. The number of rotatable bonds is 3. The van der Waals surface area contributed by atoms with Crippen LogP contribution in [0.1, 0.15) is 46.0 Å². The van der Waals surface area contributed by atoms with Gasteiger partial charge in [-0.3, -0.25) is 4.99 Å². The molecule has 1 unspecified atom stereocenters. The third-order valence-corrected chi connectivity index (χ3v) is 5.16. The monoisotopic (exact) mass is 379 g/mol. The van der Waals surface area contributed by atoms with Crippen molar-refractivity contribution in [1.82, 2.24) is 5.01 Å². The minimum absolute atomic E-state index is 0.550. The van der Waals surface area contributed by atoms with Gasteiger partial charge in [0.25, 0.3) is 0 Å². The largest absolute Gasteiger partial charge is 0.381 e. The molecule has 3 aliphatic heterocycles. The lowest BCUT2D eigenvalue weighted by atomic mass is 10.0. The van der Waals surface area contributed by atoms with Gasteiger partial charge in [-0.25, -0.2) is 5.01 Å². The van der Waals surface area contributed by atoms with E-state index in [2.05, 4.69) is 46.9 Å². The molecular formula is C18H26BrN3O. The van der Waals surface area contributed by atoms with Gasteiger partial charge in [-0.1, -0.05) is 26.0 Å². The van der Waals surface area contributed by atoms with E-state index in [1.165, 1.54) is 17.1 Å². The summed E-state index contributed by atoms with van der Waals surface area (Å²) in [4.78, 5) is 4.99.